The number of aromatic nitrogens is 1. The lowest BCUT2D eigenvalue weighted by Gasteiger charge is -2.44. The fourth-order valence-corrected chi connectivity index (χ4v) is 3.82. The molecule has 2 bridgehead atoms. The number of pyridine rings is 1. The Labute approximate surface area is 177 Å². The maximum atomic E-state index is 12.7. The van der Waals surface area contributed by atoms with Crippen LogP contribution in [0, 0.1) is 0 Å². The highest BCUT2D eigenvalue weighted by atomic mass is 16.6. The first-order valence-corrected chi connectivity index (χ1v) is 10.3. The van der Waals surface area contributed by atoms with Crippen LogP contribution in [0.15, 0.2) is 54.9 Å². The van der Waals surface area contributed by atoms with Gasteiger partial charge in [0.1, 0.15) is 18.0 Å². The van der Waals surface area contributed by atoms with Crippen molar-refractivity contribution in [3.8, 4) is 5.75 Å². The minimum absolute atomic E-state index is 0.0486. The van der Waals surface area contributed by atoms with E-state index in [4.69, 9.17) is 14.2 Å². The van der Waals surface area contributed by atoms with Crippen molar-refractivity contribution in [2.75, 3.05) is 13.2 Å². The Hall–Kier alpha value is -2.86. The number of morpholine rings is 1. The molecule has 2 aliphatic rings. The van der Waals surface area contributed by atoms with Gasteiger partial charge < -0.3 is 14.2 Å². The van der Waals surface area contributed by atoms with Crippen molar-refractivity contribution in [1.82, 2.24) is 9.88 Å². The fourth-order valence-electron chi connectivity index (χ4n) is 3.82. The number of fused-ring (bicyclic) bond motifs is 2. The zero-order chi connectivity index (χ0) is 21.1. The lowest BCUT2D eigenvalue weighted by Crippen LogP contribution is -2.57. The number of ether oxygens (including phenoxy) is 3. The Balaban J connectivity index is 1.50. The smallest absolute Gasteiger partial charge is 0.411 e. The van der Waals surface area contributed by atoms with Gasteiger partial charge in [0.25, 0.3) is 0 Å². The SMILES string of the molecule is CC(C)(C)OC(=O)N1C2C=C(c3cncc(OCc4ccccc4)c3)CC1COC2. The van der Waals surface area contributed by atoms with E-state index in [9.17, 15) is 4.79 Å². The van der Waals surface area contributed by atoms with Gasteiger partial charge in [-0.1, -0.05) is 36.4 Å². The van der Waals surface area contributed by atoms with E-state index in [0.717, 1.165) is 22.4 Å². The average Bonchev–Trinajstić information content (AvgIpc) is 2.71. The first kappa shape index (κ1) is 20.4. The van der Waals surface area contributed by atoms with Gasteiger partial charge in [0.15, 0.2) is 0 Å². The van der Waals surface area contributed by atoms with E-state index in [1.165, 1.54) is 0 Å². The van der Waals surface area contributed by atoms with Crippen LogP contribution in [0.3, 0.4) is 0 Å². The Morgan fingerprint density at radius 2 is 2.00 bits per heavy atom. The number of carbonyl (C=O) groups excluding carboxylic acids is 1. The molecule has 158 valence electrons. The lowest BCUT2D eigenvalue weighted by atomic mass is 9.91. The number of amides is 1. The third kappa shape index (κ3) is 4.82. The van der Waals surface area contributed by atoms with Gasteiger partial charge in [0, 0.05) is 6.20 Å². The third-order valence-corrected chi connectivity index (χ3v) is 5.14. The van der Waals surface area contributed by atoms with E-state index in [1.807, 2.05) is 68.3 Å². The second kappa shape index (κ2) is 8.48. The summed E-state index contributed by atoms with van der Waals surface area (Å²) < 4.78 is 17.3. The molecule has 1 aromatic carbocycles. The summed E-state index contributed by atoms with van der Waals surface area (Å²) in [4.78, 5) is 18.9. The molecule has 1 saturated heterocycles. The summed E-state index contributed by atoms with van der Waals surface area (Å²) in [5.74, 6) is 0.730. The molecular weight excluding hydrogens is 380 g/mol. The standard InChI is InChI=1S/C24H28N2O4/c1-24(2,3)30-23(27)26-20-9-18(10-21(26)16-28-15-20)19-11-22(13-25-12-19)29-14-17-7-5-4-6-8-17/h4-9,11-13,20-21H,10,14-16H2,1-3H3. The molecule has 4 rings (SSSR count). The molecule has 3 heterocycles. The summed E-state index contributed by atoms with van der Waals surface area (Å²) in [5.41, 5.74) is 2.76. The van der Waals surface area contributed by atoms with Gasteiger partial charge in [-0.25, -0.2) is 4.79 Å². The van der Waals surface area contributed by atoms with E-state index in [2.05, 4.69) is 11.1 Å². The van der Waals surface area contributed by atoms with Gasteiger partial charge in [0.05, 0.1) is 31.5 Å². The van der Waals surface area contributed by atoms with Gasteiger partial charge >= 0.3 is 6.09 Å². The van der Waals surface area contributed by atoms with Gasteiger partial charge in [-0.3, -0.25) is 9.88 Å². The quantitative estimate of drug-likeness (QED) is 0.748. The monoisotopic (exact) mass is 408 g/mol. The van der Waals surface area contributed by atoms with Crippen molar-refractivity contribution in [3.63, 3.8) is 0 Å². The van der Waals surface area contributed by atoms with E-state index < -0.39 is 5.60 Å². The maximum absolute atomic E-state index is 12.7. The van der Waals surface area contributed by atoms with Crippen molar-refractivity contribution in [2.24, 2.45) is 0 Å². The van der Waals surface area contributed by atoms with Crippen LogP contribution in [0.25, 0.3) is 5.57 Å². The summed E-state index contributed by atoms with van der Waals surface area (Å²) in [7, 11) is 0. The zero-order valence-corrected chi connectivity index (χ0v) is 17.7. The molecule has 0 radical (unpaired) electrons. The normalized spacial score (nSPS) is 21.0. The molecule has 0 saturated carbocycles. The number of carbonyl (C=O) groups is 1. The highest BCUT2D eigenvalue weighted by Gasteiger charge is 2.40. The summed E-state index contributed by atoms with van der Waals surface area (Å²) in [6.07, 6.45) is 6.08. The molecule has 2 atom stereocenters. The van der Waals surface area contributed by atoms with E-state index in [0.29, 0.717) is 26.2 Å². The fraction of sp³-hybridized carbons (Fsp3) is 0.417. The predicted octanol–water partition coefficient (Wildman–Crippen LogP) is 4.45. The van der Waals surface area contributed by atoms with Crippen molar-refractivity contribution in [1.29, 1.82) is 0 Å². The minimum atomic E-state index is -0.523. The molecule has 0 N–H and O–H groups in total. The van der Waals surface area contributed by atoms with Crippen molar-refractivity contribution in [2.45, 2.75) is 51.5 Å². The lowest BCUT2D eigenvalue weighted by molar-refractivity contribution is -0.0510. The molecule has 2 aliphatic heterocycles. The average molecular weight is 408 g/mol. The van der Waals surface area contributed by atoms with Crippen LogP contribution in [-0.2, 0) is 16.1 Å². The summed E-state index contributed by atoms with van der Waals surface area (Å²) in [6.45, 7) is 7.12. The van der Waals surface area contributed by atoms with Crippen molar-refractivity contribution < 1.29 is 19.0 Å². The second-order valence-electron chi connectivity index (χ2n) is 8.73. The third-order valence-electron chi connectivity index (χ3n) is 5.14. The van der Waals surface area contributed by atoms with Crippen LogP contribution < -0.4 is 4.74 Å². The van der Waals surface area contributed by atoms with Crippen LogP contribution in [-0.4, -0.2) is 46.9 Å². The number of hydrogen-bond acceptors (Lipinski definition) is 5. The van der Waals surface area contributed by atoms with E-state index in [1.54, 1.807) is 6.20 Å². The molecule has 2 aromatic rings. The van der Waals surface area contributed by atoms with Gasteiger partial charge in [-0.15, -0.1) is 0 Å². The molecule has 2 unspecified atom stereocenters. The Morgan fingerprint density at radius 3 is 2.73 bits per heavy atom. The molecule has 0 spiro atoms. The largest absolute Gasteiger partial charge is 0.487 e. The Kier molecular flexibility index (Phi) is 5.77. The number of hydrogen-bond donors (Lipinski definition) is 0. The molecule has 1 fully saturated rings. The highest BCUT2D eigenvalue weighted by Crippen LogP contribution is 2.34. The van der Waals surface area contributed by atoms with Crippen LogP contribution in [0.2, 0.25) is 0 Å². The van der Waals surface area contributed by atoms with E-state index in [-0.39, 0.29) is 18.2 Å². The van der Waals surface area contributed by atoms with Crippen LogP contribution >= 0.6 is 0 Å². The summed E-state index contributed by atoms with van der Waals surface area (Å²) in [5, 5.41) is 0. The Morgan fingerprint density at radius 1 is 1.20 bits per heavy atom. The molecule has 6 heteroatoms. The number of benzene rings is 1. The molecule has 0 aliphatic carbocycles. The molecule has 30 heavy (non-hydrogen) atoms. The van der Waals surface area contributed by atoms with Crippen LogP contribution in [0.4, 0.5) is 4.79 Å². The zero-order valence-electron chi connectivity index (χ0n) is 17.7. The molecule has 1 aromatic heterocycles. The summed E-state index contributed by atoms with van der Waals surface area (Å²) in [6, 6.07) is 11.9. The molecule has 1 amide bonds. The first-order valence-electron chi connectivity index (χ1n) is 10.3. The predicted molar refractivity (Wildman–Crippen MR) is 114 cm³/mol. The highest BCUT2D eigenvalue weighted by molar-refractivity contribution is 5.75. The van der Waals surface area contributed by atoms with Crippen molar-refractivity contribution >= 4 is 11.7 Å². The summed E-state index contributed by atoms with van der Waals surface area (Å²) >= 11 is 0. The number of rotatable bonds is 4. The number of nitrogens with zero attached hydrogens (tertiary/aromatic N) is 2. The topological polar surface area (TPSA) is 60.9 Å². The van der Waals surface area contributed by atoms with Gasteiger partial charge in [0.2, 0.25) is 0 Å². The first-order chi connectivity index (χ1) is 14.4. The molecule has 6 nitrogen and oxygen atoms in total. The van der Waals surface area contributed by atoms with Crippen LogP contribution in [0.5, 0.6) is 5.75 Å². The minimum Gasteiger partial charge on any atom is -0.487 e. The van der Waals surface area contributed by atoms with Crippen molar-refractivity contribution in [3.05, 3.63) is 66.0 Å². The molecular formula is C24H28N2O4. The van der Waals surface area contributed by atoms with Crippen LogP contribution in [0.1, 0.15) is 38.3 Å². The Bertz CT molecular complexity index is 920. The van der Waals surface area contributed by atoms with Gasteiger partial charge in [-0.05, 0) is 50.0 Å². The van der Waals surface area contributed by atoms with Gasteiger partial charge in [-0.2, -0.15) is 0 Å². The van der Waals surface area contributed by atoms with E-state index >= 15 is 0 Å². The second-order valence-corrected chi connectivity index (χ2v) is 8.73. The maximum Gasteiger partial charge on any atom is 0.411 e.